The highest BCUT2D eigenvalue weighted by Crippen LogP contribution is 2.18. The van der Waals surface area contributed by atoms with Crippen LogP contribution in [0, 0.1) is 0 Å². The first kappa shape index (κ1) is 16.1. The lowest BCUT2D eigenvalue weighted by Gasteiger charge is -2.07. The van der Waals surface area contributed by atoms with Gasteiger partial charge in [-0.1, -0.05) is 18.3 Å². The summed E-state index contributed by atoms with van der Waals surface area (Å²) in [5.74, 6) is -0.910. The number of anilines is 1. The lowest BCUT2D eigenvalue weighted by molar-refractivity contribution is -0.154. The van der Waals surface area contributed by atoms with Crippen molar-refractivity contribution in [2.75, 3.05) is 11.9 Å². The normalized spacial score (nSPS) is 11.3. The summed E-state index contributed by atoms with van der Waals surface area (Å²) in [5.41, 5.74) is -0.0763. The third-order valence-electron chi connectivity index (χ3n) is 2.25. The lowest BCUT2D eigenvalue weighted by Crippen LogP contribution is -2.20. The second kappa shape index (κ2) is 6.64. The van der Waals surface area contributed by atoms with Gasteiger partial charge in [-0.05, 0) is 12.5 Å². The van der Waals surface area contributed by atoms with E-state index in [9.17, 15) is 18.0 Å². The Kier molecular flexibility index (Phi) is 4.85. The van der Waals surface area contributed by atoms with Gasteiger partial charge < -0.3 is 4.74 Å². The van der Waals surface area contributed by atoms with E-state index in [2.05, 4.69) is 30.4 Å². The van der Waals surface area contributed by atoms with E-state index in [-0.39, 0.29) is 11.6 Å². The highest BCUT2D eigenvalue weighted by atomic mass is 32.1. The van der Waals surface area contributed by atoms with Crippen LogP contribution in [0.5, 0.6) is 5.88 Å². The molecule has 11 heteroatoms. The molecule has 0 aromatic carbocycles. The molecule has 7 nitrogen and oxygen atoms in total. The second-order valence-electron chi connectivity index (χ2n) is 3.97. The molecule has 118 valence electrons. The smallest absolute Gasteiger partial charge is 0.422 e. The van der Waals surface area contributed by atoms with E-state index in [1.807, 2.05) is 6.92 Å². The van der Waals surface area contributed by atoms with Crippen LogP contribution < -0.4 is 10.1 Å². The summed E-state index contributed by atoms with van der Waals surface area (Å²) in [6.07, 6.45) is -3.77. The summed E-state index contributed by atoms with van der Waals surface area (Å²) in [5, 5.41) is 18.0. The van der Waals surface area contributed by atoms with Gasteiger partial charge in [-0.15, -0.1) is 20.4 Å². The van der Waals surface area contributed by atoms with E-state index in [1.165, 1.54) is 17.4 Å². The predicted molar refractivity (Wildman–Crippen MR) is 70.8 cm³/mol. The summed E-state index contributed by atoms with van der Waals surface area (Å²) in [7, 11) is 0. The zero-order valence-corrected chi connectivity index (χ0v) is 12.0. The fourth-order valence-corrected chi connectivity index (χ4v) is 1.96. The Morgan fingerprint density at radius 1 is 1.27 bits per heavy atom. The van der Waals surface area contributed by atoms with Crippen LogP contribution >= 0.6 is 11.3 Å². The quantitative estimate of drug-likeness (QED) is 0.901. The van der Waals surface area contributed by atoms with Gasteiger partial charge in [0.25, 0.3) is 5.91 Å². The van der Waals surface area contributed by atoms with Crippen molar-refractivity contribution in [1.82, 2.24) is 20.4 Å². The number of nitrogens with one attached hydrogen (secondary N) is 1. The molecule has 0 radical (unpaired) electrons. The van der Waals surface area contributed by atoms with Crippen LogP contribution in [0.3, 0.4) is 0 Å². The van der Waals surface area contributed by atoms with E-state index in [0.29, 0.717) is 11.6 Å². The molecule has 2 aromatic rings. The fraction of sp³-hybridized carbons (Fsp3) is 0.364. The highest BCUT2D eigenvalue weighted by Gasteiger charge is 2.28. The number of hydrogen-bond acceptors (Lipinski definition) is 7. The third kappa shape index (κ3) is 4.62. The lowest BCUT2D eigenvalue weighted by atomic mass is 10.4. The largest absolute Gasteiger partial charge is 0.467 e. The van der Waals surface area contributed by atoms with Gasteiger partial charge in [-0.3, -0.25) is 10.1 Å². The molecule has 2 heterocycles. The van der Waals surface area contributed by atoms with Gasteiger partial charge in [-0.25, -0.2) is 0 Å². The number of ether oxygens (including phenoxy) is 1. The number of halogens is 3. The maximum atomic E-state index is 12.0. The van der Waals surface area contributed by atoms with E-state index in [0.717, 1.165) is 11.1 Å². The van der Waals surface area contributed by atoms with Gasteiger partial charge in [0.2, 0.25) is 11.0 Å². The SMILES string of the molecule is CCc1nnc(NC(=O)c2ccc(OCC(F)(F)F)nn2)s1. The second-order valence-corrected chi connectivity index (χ2v) is 5.03. The van der Waals surface area contributed by atoms with Gasteiger partial charge in [0, 0.05) is 6.07 Å². The first-order chi connectivity index (χ1) is 10.4. The topological polar surface area (TPSA) is 89.9 Å². The van der Waals surface area contributed by atoms with Gasteiger partial charge in [0.15, 0.2) is 12.3 Å². The van der Waals surface area contributed by atoms with Crippen molar-refractivity contribution in [1.29, 1.82) is 0 Å². The maximum absolute atomic E-state index is 12.0. The summed E-state index contributed by atoms with van der Waals surface area (Å²) in [6.45, 7) is 0.426. The number of carbonyl (C=O) groups is 1. The number of rotatable bonds is 5. The molecule has 0 aliphatic carbocycles. The summed E-state index contributed by atoms with van der Waals surface area (Å²) >= 11 is 1.22. The Bertz CT molecular complexity index is 644. The van der Waals surface area contributed by atoms with Crippen LogP contribution in [0.4, 0.5) is 18.3 Å². The molecular weight excluding hydrogens is 323 g/mol. The number of amides is 1. The number of aryl methyl sites for hydroxylation is 1. The molecule has 1 N–H and O–H groups in total. The highest BCUT2D eigenvalue weighted by molar-refractivity contribution is 7.15. The molecule has 0 fully saturated rings. The summed E-state index contributed by atoms with van der Waals surface area (Å²) < 4.78 is 40.3. The number of aromatic nitrogens is 4. The molecule has 22 heavy (non-hydrogen) atoms. The van der Waals surface area contributed by atoms with Crippen LogP contribution in [0.15, 0.2) is 12.1 Å². The maximum Gasteiger partial charge on any atom is 0.422 e. The monoisotopic (exact) mass is 333 g/mol. The molecule has 0 saturated carbocycles. The predicted octanol–water partition coefficient (Wildman–Crippen LogP) is 2.08. The molecule has 0 aliphatic rings. The van der Waals surface area contributed by atoms with Crippen molar-refractivity contribution < 1.29 is 22.7 Å². The van der Waals surface area contributed by atoms with Crippen molar-refractivity contribution in [3.63, 3.8) is 0 Å². The van der Waals surface area contributed by atoms with Crippen molar-refractivity contribution in [2.24, 2.45) is 0 Å². The molecule has 0 bridgehead atoms. The van der Waals surface area contributed by atoms with Crippen LogP contribution in [0.1, 0.15) is 22.4 Å². The Balaban J connectivity index is 1.96. The average Bonchev–Trinajstić information content (AvgIpc) is 2.92. The number of alkyl halides is 3. The standard InChI is InChI=1S/C11H10F3N5O2S/c1-2-8-18-19-10(22-8)15-9(20)6-3-4-7(17-16-6)21-5-11(12,13)14/h3-4H,2,5H2,1H3,(H,15,19,20). The third-order valence-corrected chi connectivity index (χ3v) is 3.23. The van der Waals surface area contributed by atoms with Gasteiger partial charge in [-0.2, -0.15) is 13.2 Å². The molecule has 1 amide bonds. The summed E-state index contributed by atoms with van der Waals surface area (Å²) in [4.78, 5) is 11.8. The van der Waals surface area contributed by atoms with Crippen molar-refractivity contribution in [3.05, 3.63) is 22.8 Å². The van der Waals surface area contributed by atoms with Crippen LogP contribution in [-0.4, -0.2) is 39.1 Å². The Morgan fingerprint density at radius 2 is 2.05 bits per heavy atom. The minimum absolute atomic E-state index is 0.0763. The molecule has 0 spiro atoms. The Hall–Kier alpha value is -2.30. The fourth-order valence-electron chi connectivity index (χ4n) is 1.28. The number of nitrogens with zero attached hydrogens (tertiary/aromatic N) is 4. The minimum atomic E-state index is -4.47. The van der Waals surface area contributed by atoms with Gasteiger partial charge >= 0.3 is 6.18 Å². The molecule has 0 unspecified atom stereocenters. The molecule has 2 aromatic heterocycles. The number of hydrogen-bond donors (Lipinski definition) is 1. The van der Waals surface area contributed by atoms with Crippen molar-refractivity contribution in [3.8, 4) is 5.88 Å². The van der Waals surface area contributed by atoms with Crippen LogP contribution in [0.25, 0.3) is 0 Å². The van der Waals surface area contributed by atoms with Gasteiger partial charge in [0.1, 0.15) is 5.01 Å². The summed E-state index contributed by atoms with van der Waals surface area (Å²) in [6, 6.07) is 2.33. The van der Waals surface area contributed by atoms with Crippen LogP contribution in [-0.2, 0) is 6.42 Å². The molecule has 2 rings (SSSR count). The van der Waals surface area contributed by atoms with Crippen molar-refractivity contribution >= 4 is 22.4 Å². The zero-order valence-electron chi connectivity index (χ0n) is 11.2. The van der Waals surface area contributed by atoms with E-state index in [1.54, 1.807) is 0 Å². The first-order valence-electron chi connectivity index (χ1n) is 6.04. The molecular formula is C11H10F3N5O2S. The van der Waals surface area contributed by atoms with Crippen LogP contribution in [0.2, 0.25) is 0 Å². The molecule has 0 aliphatic heterocycles. The number of carbonyl (C=O) groups excluding carboxylic acids is 1. The molecule has 0 saturated heterocycles. The average molecular weight is 333 g/mol. The van der Waals surface area contributed by atoms with E-state index in [4.69, 9.17) is 0 Å². The first-order valence-corrected chi connectivity index (χ1v) is 6.86. The Labute approximate surface area is 126 Å². The minimum Gasteiger partial charge on any atom is -0.467 e. The van der Waals surface area contributed by atoms with E-state index >= 15 is 0 Å². The van der Waals surface area contributed by atoms with Gasteiger partial charge in [0.05, 0.1) is 0 Å². The molecule has 0 atom stereocenters. The van der Waals surface area contributed by atoms with Crippen molar-refractivity contribution in [2.45, 2.75) is 19.5 Å². The Morgan fingerprint density at radius 3 is 2.59 bits per heavy atom. The van der Waals surface area contributed by atoms with E-state index < -0.39 is 18.7 Å². The zero-order chi connectivity index (χ0) is 16.2.